The van der Waals surface area contributed by atoms with Crippen LogP contribution in [0, 0.1) is 11.3 Å². The Kier molecular flexibility index (Phi) is 4.88. The molecule has 1 N–H and O–H groups in total. The molecule has 28 heavy (non-hydrogen) atoms. The summed E-state index contributed by atoms with van der Waals surface area (Å²) in [6.07, 6.45) is 3.38. The minimum Gasteiger partial charge on any atom is -0.356 e. The lowest BCUT2D eigenvalue weighted by molar-refractivity contribution is 0.0605. The summed E-state index contributed by atoms with van der Waals surface area (Å²) in [5, 5.41) is 13.6. The molecule has 7 nitrogen and oxygen atoms in total. The standard InChI is InChI=1S/C20H18ClN5O2/c1-12-2-5-15(18-24-19(28-25-18)17-8-16(21)10-23-17)11-26(12)20(27)14-6-3-13(9-22)4-7-14/h3-4,6-8,10,12,15,23H,2,5,11H2,1H3/t12-,15+/m1/s1. The molecule has 0 radical (unpaired) electrons. The van der Waals surface area contributed by atoms with Crippen molar-refractivity contribution < 1.29 is 9.32 Å². The monoisotopic (exact) mass is 395 g/mol. The number of aromatic nitrogens is 3. The molecule has 0 spiro atoms. The summed E-state index contributed by atoms with van der Waals surface area (Å²) in [4.78, 5) is 22.3. The number of nitrogens with one attached hydrogen (secondary N) is 1. The predicted molar refractivity (Wildman–Crippen MR) is 103 cm³/mol. The molecule has 1 saturated heterocycles. The molecule has 0 bridgehead atoms. The molecule has 4 rings (SSSR count). The highest BCUT2D eigenvalue weighted by atomic mass is 35.5. The van der Waals surface area contributed by atoms with Gasteiger partial charge in [-0.15, -0.1) is 0 Å². The second kappa shape index (κ2) is 7.49. The fourth-order valence-electron chi connectivity index (χ4n) is 3.46. The third-order valence-corrected chi connectivity index (χ3v) is 5.31. The number of hydrogen-bond acceptors (Lipinski definition) is 5. The number of H-pyrrole nitrogens is 1. The van der Waals surface area contributed by atoms with E-state index >= 15 is 0 Å². The van der Waals surface area contributed by atoms with Crippen LogP contribution in [0.5, 0.6) is 0 Å². The summed E-state index contributed by atoms with van der Waals surface area (Å²) >= 11 is 5.93. The quantitative estimate of drug-likeness (QED) is 0.722. The van der Waals surface area contributed by atoms with E-state index in [1.54, 1.807) is 36.5 Å². The minimum atomic E-state index is -0.0541. The second-order valence-electron chi connectivity index (χ2n) is 6.96. The van der Waals surface area contributed by atoms with Crippen molar-refractivity contribution in [3.63, 3.8) is 0 Å². The normalized spacial score (nSPS) is 19.4. The number of rotatable bonds is 3. The van der Waals surface area contributed by atoms with E-state index in [0.717, 1.165) is 12.8 Å². The van der Waals surface area contributed by atoms with E-state index in [-0.39, 0.29) is 17.9 Å². The van der Waals surface area contributed by atoms with Gasteiger partial charge in [0.1, 0.15) is 5.69 Å². The highest BCUT2D eigenvalue weighted by Gasteiger charge is 2.32. The molecule has 0 aliphatic carbocycles. The molecule has 3 heterocycles. The van der Waals surface area contributed by atoms with Gasteiger partial charge in [-0.1, -0.05) is 16.8 Å². The molecule has 0 saturated carbocycles. The average Bonchev–Trinajstić information content (AvgIpc) is 3.37. The summed E-state index contributed by atoms with van der Waals surface area (Å²) in [7, 11) is 0. The Bertz CT molecular complexity index is 1030. The van der Waals surface area contributed by atoms with Gasteiger partial charge in [-0.3, -0.25) is 4.79 Å². The van der Waals surface area contributed by atoms with Crippen molar-refractivity contribution in [1.29, 1.82) is 5.26 Å². The molecule has 2 aromatic heterocycles. The molecule has 3 aromatic rings. The number of aromatic amines is 1. The first kappa shape index (κ1) is 18.3. The van der Waals surface area contributed by atoms with E-state index in [2.05, 4.69) is 21.2 Å². The van der Waals surface area contributed by atoms with E-state index in [1.165, 1.54) is 0 Å². The zero-order valence-corrected chi connectivity index (χ0v) is 16.0. The van der Waals surface area contributed by atoms with E-state index in [1.807, 2.05) is 11.8 Å². The Morgan fingerprint density at radius 2 is 2.14 bits per heavy atom. The fraction of sp³-hybridized carbons (Fsp3) is 0.300. The highest BCUT2D eigenvalue weighted by molar-refractivity contribution is 6.30. The first-order chi connectivity index (χ1) is 13.5. The van der Waals surface area contributed by atoms with Gasteiger partial charge >= 0.3 is 0 Å². The number of carbonyl (C=O) groups is 1. The van der Waals surface area contributed by atoms with Crippen molar-refractivity contribution in [2.45, 2.75) is 31.7 Å². The van der Waals surface area contributed by atoms with E-state index in [4.69, 9.17) is 21.4 Å². The zero-order chi connectivity index (χ0) is 19.7. The first-order valence-corrected chi connectivity index (χ1v) is 9.42. The number of piperidine rings is 1. The third kappa shape index (κ3) is 3.51. The lowest BCUT2D eigenvalue weighted by atomic mass is 9.92. The fourth-order valence-corrected chi connectivity index (χ4v) is 3.62. The van der Waals surface area contributed by atoms with Gasteiger partial charge in [0.15, 0.2) is 5.82 Å². The summed E-state index contributed by atoms with van der Waals surface area (Å²) < 4.78 is 5.36. The van der Waals surface area contributed by atoms with Crippen molar-refractivity contribution in [2.24, 2.45) is 0 Å². The van der Waals surface area contributed by atoms with Crippen molar-refractivity contribution >= 4 is 17.5 Å². The number of hydrogen-bond donors (Lipinski definition) is 1. The third-order valence-electron chi connectivity index (χ3n) is 5.09. The van der Waals surface area contributed by atoms with Crippen LogP contribution < -0.4 is 0 Å². The van der Waals surface area contributed by atoms with Crippen LogP contribution in [-0.2, 0) is 0 Å². The summed E-state index contributed by atoms with van der Waals surface area (Å²) in [5.74, 6) is 0.916. The molecule has 1 fully saturated rings. The molecule has 2 atom stereocenters. The van der Waals surface area contributed by atoms with Gasteiger partial charge in [-0.05, 0) is 50.1 Å². The smallest absolute Gasteiger partial charge is 0.274 e. The van der Waals surface area contributed by atoms with Crippen molar-refractivity contribution in [2.75, 3.05) is 6.54 Å². The van der Waals surface area contributed by atoms with E-state index in [9.17, 15) is 4.79 Å². The van der Waals surface area contributed by atoms with Crippen LogP contribution in [0.2, 0.25) is 5.02 Å². The average molecular weight is 396 g/mol. The van der Waals surface area contributed by atoms with Gasteiger partial charge in [-0.2, -0.15) is 10.2 Å². The molecule has 1 aliphatic rings. The van der Waals surface area contributed by atoms with Gasteiger partial charge in [0, 0.05) is 30.3 Å². The van der Waals surface area contributed by atoms with E-state index in [0.29, 0.717) is 40.1 Å². The molecular weight excluding hydrogens is 378 g/mol. The van der Waals surface area contributed by atoms with Crippen LogP contribution >= 0.6 is 11.6 Å². The summed E-state index contributed by atoms with van der Waals surface area (Å²) in [5.41, 5.74) is 1.77. The highest BCUT2D eigenvalue weighted by Crippen LogP contribution is 2.31. The van der Waals surface area contributed by atoms with Crippen LogP contribution in [0.3, 0.4) is 0 Å². The topological polar surface area (TPSA) is 98.8 Å². The second-order valence-corrected chi connectivity index (χ2v) is 7.40. The number of halogens is 1. The lowest BCUT2D eigenvalue weighted by Gasteiger charge is -2.37. The van der Waals surface area contributed by atoms with Crippen molar-refractivity contribution in [1.82, 2.24) is 20.0 Å². The van der Waals surface area contributed by atoms with E-state index < -0.39 is 0 Å². The van der Waals surface area contributed by atoms with Crippen molar-refractivity contribution in [3.8, 4) is 17.7 Å². The Labute approximate surface area is 166 Å². The molecule has 142 valence electrons. The van der Waals surface area contributed by atoms with Gasteiger partial charge in [0.2, 0.25) is 0 Å². The lowest BCUT2D eigenvalue weighted by Crippen LogP contribution is -2.45. The number of benzene rings is 1. The SMILES string of the molecule is C[C@@H]1CC[C@H](c2noc(-c3cc(Cl)c[nH]3)n2)CN1C(=O)c1ccc(C#N)cc1. The summed E-state index contributed by atoms with van der Waals surface area (Å²) in [6, 6.07) is 10.6. The van der Waals surface area contributed by atoms with Crippen LogP contribution in [0.4, 0.5) is 0 Å². The molecule has 0 unspecified atom stereocenters. The Balaban J connectivity index is 1.52. The first-order valence-electron chi connectivity index (χ1n) is 9.04. The van der Waals surface area contributed by atoms with Crippen LogP contribution in [0.25, 0.3) is 11.6 Å². The number of nitriles is 1. The van der Waals surface area contributed by atoms with Gasteiger partial charge < -0.3 is 14.4 Å². The Morgan fingerprint density at radius 1 is 1.36 bits per heavy atom. The maximum Gasteiger partial charge on any atom is 0.274 e. The summed E-state index contributed by atoms with van der Waals surface area (Å²) in [6.45, 7) is 2.56. The van der Waals surface area contributed by atoms with Crippen LogP contribution in [0.15, 0.2) is 41.1 Å². The number of nitrogens with zero attached hydrogens (tertiary/aromatic N) is 4. The number of amides is 1. The van der Waals surface area contributed by atoms with Gasteiger partial charge in [-0.25, -0.2) is 0 Å². The molecule has 1 amide bonds. The molecule has 1 aliphatic heterocycles. The van der Waals surface area contributed by atoms with Crippen LogP contribution in [0.1, 0.15) is 47.4 Å². The van der Waals surface area contributed by atoms with Gasteiger partial charge in [0.05, 0.1) is 16.7 Å². The zero-order valence-electron chi connectivity index (χ0n) is 15.2. The number of likely N-dealkylation sites (tertiary alicyclic amines) is 1. The maximum atomic E-state index is 13.0. The van der Waals surface area contributed by atoms with Crippen molar-refractivity contribution in [3.05, 3.63) is 58.5 Å². The molecular formula is C20H18ClN5O2. The number of carbonyl (C=O) groups excluding carboxylic acids is 1. The largest absolute Gasteiger partial charge is 0.356 e. The minimum absolute atomic E-state index is 0.00136. The Hall–Kier alpha value is -3.11. The maximum absolute atomic E-state index is 13.0. The Morgan fingerprint density at radius 3 is 2.82 bits per heavy atom. The predicted octanol–water partition coefficient (Wildman–Crippen LogP) is 4.00. The van der Waals surface area contributed by atoms with Gasteiger partial charge in [0.25, 0.3) is 11.8 Å². The van der Waals surface area contributed by atoms with Crippen LogP contribution in [-0.4, -0.2) is 38.5 Å². The molecule has 1 aromatic carbocycles. The molecule has 8 heteroatoms.